The van der Waals surface area contributed by atoms with Crippen LogP contribution in [0.4, 0.5) is 5.69 Å². The predicted molar refractivity (Wildman–Crippen MR) is 106 cm³/mol. The Morgan fingerprint density at radius 1 is 1.12 bits per heavy atom. The van der Waals surface area contributed by atoms with Crippen LogP contribution in [0.3, 0.4) is 0 Å². The molecule has 3 nitrogen and oxygen atoms in total. The fraction of sp³-hybridized carbons (Fsp3) is 0.381. The van der Waals surface area contributed by atoms with E-state index < -0.39 is 0 Å². The van der Waals surface area contributed by atoms with Crippen LogP contribution in [0.25, 0.3) is 0 Å². The Labute approximate surface area is 155 Å². The molecule has 0 aliphatic heterocycles. The summed E-state index contributed by atoms with van der Waals surface area (Å²) in [7, 11) is 1.67. The molecule has 0 saturated heterocycles. The minimum atomic E-state index is 0.376. The van der Waals surface area contributed by atoms with Gasteiger partial charge >= 0.3 is 0 Å². The van der Waals surface area contributed by atoms with Crippen LogP contribution < -0.4 is 10.1 Å². The lowest BCUT2D eigenvalue weighted by Crippen LogP contribution is -2.20. The lowest BCUT2D eigenvalue weighted by Gasteiger charge is -2.21. The number of nitrogens with zero attached hydrogens (tertiary/aromatic N) is 1. The predicted octanol–water partition coefficient (Wildman–Crippen LogP) is 5.85. The monoisotopic (exact) mass is 356 g/mol. The SMILES string of the molecule is COc1ccc(Cl)cc1NC(=NC1CCCCC1)c1ccccc1C. The van der Waals surface area contributed by atoms with E-state index in [1.165, 1.54) is 24.8 Å². The third-order valence-electron chi connectivity index (χ3n) is 4.70. The number of ether oxygens (including phenoxy) is 1. The summed E-state index contributed by atoms with van der Waals surface area (Å²) in [5, 5.41) is 4.16. The van der Waals surface area contributed by atoms with Crippen molar-refractivity contribution in [2.75, 3.05) is 12.4 Å². The molecule has 0 amide bonds. The van der Waals surface area contributed by atoms with Crippen molar-refractivity contribution in [1.82, 2.24) is 0 Å². The summed E-state index contributed by atoms with van der Waals surface area (Å²) in [6.07, 6.45) is 6.15. The van der Waals surface area contributed by atoms with Crippen LogP contribution in [-0.2, 0) is 0 Å². The highest BCUT2D eigenvalue weighted by Crippen LogP contribution is 2.29. The number of amidine groups is 1. The number of aliphatic imine (C=N–C) groups is 1. The summed E-state index contributed by atoms with van der Waals surface area (Å²) in [6, 6.07) is 14.3. The Kier molecular flexibility index (Phi) is 5.98. The summed E-state index contributed by atoms with van der Waals surface area (Å²) in [6.45, 7) is 2.11. The maximum absolute atomic E-state index is 6.19. The smallest absolute Gasteiger partial charge is 0.142 e. The number of benzene rings is 2. The topological polar surface area (TPSA) is 33.6 Å². The molecule has 1 aliphatic rings. The largest absolute Gasteiger partial charge is 0.495 e. The van der Waals surface area contributed by atoms with Crippen molar-refractivity contribution < 1.29 is 4.74 Å². The molecule has 1 N–H and O–H groups in total. The summed E-state index contributed by atoms with van der Waals surface area (Å²) in [5.74, 6) is 1.65. The highest BCUT2D eigenvalue weighted by Gasteiger charge is 2.16. The van der Waals surface area contributed by atoms with Gasteiger partial charge in [0.25, 0.3) is 0 Å². The van der Waals surface area contributed by atoms with Gasteiger partial charge in [-0.2, -0.15) is 0 Å². The van der Waals surface area contributed by atoms with Crippen molar-refractivity contribution in [2.45, 2.75) is 45.1 Å². The van der Waals surface area contributed by atoms with Gasteiger partial charge in [-0.3, -0.25) is 4.99 Å². The minimum absolute atomic E-state index is 0.376. The molecule has 1 saturated carbocycles. The first-order valence-corrected chi connectivity index (χ1v) is 9.29. The molecular weight excluding hydrogens is 332 g/mol. The molecule has 0 radical (unpaired) electrons. The van der Waals surface area contributed by atoms with Crippen LogP contribution in [0.5, 0.6) is 5.75 Å². The molecule has 0 spiro atoms. The van der Waals surface area contributed by atoms with Gasteiger partial charge in [-0.15, -0.1) is 0 Å². The molecule has 1 aliphatic carbocycles. The molecule has 132 valence electrons. The van der Waals surface area contributed by atoms with E-state index in [9.17, 15) is 0 Å². The molecule has 25 heavy (non-hydrogen) atoms. The van der Waals surface area contributed by atoms with Crippen molar-refractivity contribution in [1.29, 1.82) is 0 Å². The lowest BCUT2D eigenvalue weighted by molar-refractivity contribution is 0.417. The molecule has 4 heteroatoms. The first kappa shape index (κ1) is 17.8. The zero-order chi connectivity index (χ0) is 17.6. The number of anilines is 1. The number of aryl methyl sites for hydroxylation is 1. The summed E-state index contributed by atoms with van der Waals surface area (Å²) in [4.78, 5) is 5.07. The van der Waals surface area contributed by atoms with Gasteiger partial charge in [0.2, 0.25) is 0 Å². The van der Waals surface area contributed by atoms with Crippen molar-refractivity contribution in [3.8, 4) is 5.75 Å². The van der Waals surface area contributed by atoms with Gasteiger partial charge in [0.05, 0.1) is 18.8 Å². The van der Waals surface area contributed by atoms with Crippen LogP contribution in [0.2, 0.25) is 5.02 Å². The molecule has 0 heterocycles. The molecule has 2 aromatic carbocycles. The van der Waals surface area contributed by atoms with E-state index in [1.807, 2.05) is 18.2 Å². The highest BCUT2D eigenvalue weighted by atomic mass is 35.5. The molecule has 0 unspecified atom stereocenters. The molecule has 0 atom stereocenters. The standard InChI is InChI=1S/C21H25ClN2O/c1-15-8-6-7-11-18(15)21(23-17-9-4-3-5-10-17)24-19-14-16(22)12-13-20(19)25-2/h6-8,11-14,17H,3-5,9-10H2,1-2H3,(H,23,24). The fourth-order valence-electron chi connectivity index (χ4n) is 3.31. The number of halogens is 1. The molecule has 1 fully saturated rings. The molecule has 3 rings (SSSR count). The van der Waals surface area contributed by atoms with Crippen LogP contribution in [0.15, 0.2) is 47.5 Å². The van der Waals surface area contributed by atoms with Gasteiger partial charge in [-0.1, -0.05) is 55.1 Å². The van der Waals surface area contributed by atoms with Crippen LogP contribution in [0.1, 0.15) is 43.2 Å². The first-order chi connectivity index (χ1) is 12.2. The quantitative estimate of drug-likeness (QED) is 0.550. The number of nitrogens with one attached hydrogen (secondary N) is 1. The van der Waals surface area contributed by atoms with Gasteiger partial charge in [-0.25, -0.2) is 0 Å². The number of hydrogen-bond donors (Lipinski definition) is 1. The Balaban J connectivity index is 1.98. The number of methoxy groups -OCH3 is 1. The van der Waals surface area contributed by atoms with Crippen LogP contribution in [-0.4, -0.2) is 19.0 Å². The third-order valence-corrected chi connectivity index (χ3v) is 4.94. The van der Waals surface area contributed by atoms with Crippen LogP contribution in [0, 0.1) is 6.92 Å². The first-order valence-electron chi connectivity index (χ1n) is 8.92. The lowest BCUT2D eigenvalue weighted by atomic mass is 9.96. The normalized spacial score (nSPS) is 15.9. The number of hydrogen-bond acceptors (Lipinski definition) is 2. The second-order valence-electron chi connectivity index (χ2n) is 6.55. The Hall–Kier alpha value is -2.00. The van der Waals surface area contributed by atoms with Gasteiger partial charge in [0.15, 0.2) is 0 Å². The zero-order valence-electron chi connectivity index (χ0n) is 14.9. The van der Waals surface area contributed by atoms with Crippen molar-refractivity contribution in [2.24, 2.45) is 4.99 Å². The maximum atomic E-state index is 6.19. The summed E-state index contributed by atoms with van der Waals surface area (Å²) < 4.78 is 5.48. The minimum Gasteiger partial charge on any atom is -0.495 e. The van der Waals surface area contributed by atoms with Crippen molar-refractivity contribution >= 4 is 23.1 Å². The average molecular weight is 357 g/mol. The zero-order valence-corrected chi connectivity index (χ0v) is 15.6. The van der Waals surface area contributed by atoms with E-state index in [0.717, 1.165) is 35.7 Å². The Morgan fingerprint density at radius 3 is 2.60 bits per heavy atom. The van der Waals surface area contributed by atoms with Crippen molar-refractivity contribution in [3.63, 3.8) is 0 Å². The van der Waals surface area contributed by atoms with E-state index in [0.29, 0.717) is 11.1 Å². The molecule has 0 aromatic heterocycles. The van der Waals surface area contributed by atoms with E-state index in [4.69, 9.17) is 21.3 Å². The second-order valence-corrected chi connectivity index (χ2v) is 6.99. The van der Waals surface area contributed by atoms with Gasteiger partial charge in [-0.05, 0) is 43.5 Å². The van der Waals surface area contributed by atoms with Crippen molar-refractivity contribution in [3.05, 3.63) is 58.6 Å². The Bertz CT molecular complexity index is 751. The Morgan fingerprint density at radius 2 is 1.88 bits per heavy atom. The van der Waals surface area contributed by atoms with Gasteiger partial charge in [0.1, 0.15) is 11.6 Å². The molecule has 2 aromatic rings. The molecule has 0 bridgehead atoms. The third kappa shape index (κ3) is 4.55. The maximum Gasteiger partial charge on any atom is 0.142 e. The van der Waals surface area contributed by atoms with E-state index >= 15 is 0 Å². The van der Waals surface area contributed by atoms with E-state index in [2.05, 4.69) is 36.5 Å². The number of rotatable bonds is 4. The summed E-state index contributed by atoms with van der Waals surface area (Å²) >= 11 is 6.19. The van der Waals surface area contributed by atoms with Gasteiger partial charge in [0, 0.05) is 10.6 Å². The van der Waals surface area contributed by atoms with E-state index in [1.54, 1.807) is 7.11 Å². The highest BCUT2D eigenvalue weighted by molar-refractivity contribution is 6.31. The van der Waals surface area contributed by atoms with Crippen LogP contribution >= 0.6 is 11.6 Å². The van der Waals surface area contributed by atoms with Gasteiger partial charge < -0.3 is 10.1 Å². The second kappa shape index (κ2) is 8.39. The fourth-order valence-corrected chi connectivity index (χ4v) is 3.48. The average Bonchev–Trinajstić information content (AvgIpc) is 2.63. The summed E-state index contributed by atoms with van der Waals surface area (Å²) in [5.41, 5.74) is 3.16. The van der Waals surface area contributed by atoms with E-state index in [-0.39, 0.29) is 0 Å². The molecular formula is C21H25ClN2O.